The lowest BCUT2D eigenvalue weighted by Gasteiger charge is -2.33. The van der Waals surface area contributed by atoms with Gasteiger partial charge in [-0.1, -0.05) is 22.9 Å². The second-order valence-corrected chi connectivity index (χ2v) is 7.63. The van der Waals surface area contributed by atoms with Crippen LogP contribution in [0.3, 0.4) is 0 Å². The molecule has 8 heteroatoms. The second kappa shape index (κ2) is 6.90. The molecule has 0 radical (unpaired) electrons. The Morgan fingerprint density at radius 2 is 2.04 bits per heavy atom. The number of halogens is 3. The minimum absolute atomic E-state index is 0.0444. The number of carbonyl (C=O) groups excluding carboxylic acids is 2. The Labute approximate surface area is 152 Å². The minimum Gasteiger partial charge on any atom is -0.434 e. The maximum Gasteiger partial charge on any atom is 0.387 e. The number of nitrogens with one attached hydrogen (secondary N) is 1. The zero-order valence-electron chi connectivity index (χ0n) is 13.7. The van der Waals surface area contributed by atoms with Gasteiger partial charge < -0.3 is 10.1 Å². The normalized spacial score (nSPS) is 26.4. The number of carbonyl (C=O) groups is 2. The largest absolute Gasteiger partial charge is 0.434 e. The van der Waals surface area contributed by atoms with E-state index < -0.39 is 18.2 Å². The van der Waals surface area contributed by atoms with E-state index in [1.165, 1.54) is 6.07 Å². The van der Waals surface area contributed by atoms with Crippen LogP contribution >= 0.6 is 15.9 Å². The molecule has 1 heterocycles. The predicted molar refractivity (Wildman–Crippen MR) is 90.2 cm³/mol. The van der Waals surface area contributed by atoms with Crippen molar-refractivity contribution in [3.63, 3.8) is 0 Å². The van der Waals surface area contributed by atoms with Gasteiger partial charge in [0.1, 0.15) is 11.3 Å². The Balaban J connectivity index is 1.82. The highest BCUT2D eigenvalue weighted by Crippen LogP contribution is 2.37. The van der Waals surface area contributed by atoms with E-state index in [9.17, 15) is 18.4 Å². The van der Waals surface area contributed by atoms with Gasteiger partial charge in [-0.25, -0.2) is 4.79 Å². The standard InChI is InChI=1S/C17H19BrF2N2O3/c1-10-4-6-17(7-5-10)14(23)22(16(24)21-17)9-11-8-12(18)2-3-13(11)25-15(19)20/h2-3,8,10,15H,4-7,9H2,1H3,(H,21,24). The number of ether oxygens (including phenoxy) is 1. The SMILES string of the molecule is CC1CCC2(CC1)NC(=O)N(Cc1cc(Br)ccc1OC(F)F)C2=O. The van der Waals surface area contributed by atoms with Gasteiger partial charge in [0.05, 0.1) is 6.54 Å². The summed E-state index contributed by atoms with van der Waals surface area (Å²) in [6, 6.07) is 4.05. The number of rotatable bonds is 4. The van der Waals surface area contributed by atoms with Crippen molar-refractivity contribution >= 4 is 27.9 Å². The van der Waals surface area contributed by atoms with Crippen LogP contribution in [0, 0.1) is 5.92 Å². The first kappa shape index (κ1) is 18.1. The maximum atomic E-state index is 12.9. The summed E-state index contributed by atoms with van der Waals surface area (Å²) in [4.78, 5) is 26.3. The molecule has 3 rings (SSSR count). The first-order valence-electron chi connectivity index (χ1n) is 8.18. The number of alkyl halides is 2. The Morgan fingerprint density at radius 1 is 1.36 bits per heavy atom. The van der Waals surface area contributed by atoms with Crippen LogP contribution in [0.15, 0.2) is 22.7 Å². The van der Waals surface area contributed by atoms with Gasteiger partial charge >= 0.3 is 12.6 Å². The average Bonchev–Trinajstić information content (AvgIpc) is 2.77. The third-order valence-electron chi connectivity index (χ3n) is 4.94. The molecule has 1 saturated heterocycles. The fourth-order valence-corrected chi connectivity index (χ4v) is 3.87. The summed E-state index contributed by atoms with van der Waals surface area (Å²) in [7, 11) is 0. The molecule has 0 atom stereocenters. The first-order valence-corrected chi connectivity index (χ1v) is 8.97. The van der Waals surface area contributed by atoms with Crippen LogP contribution in [0.2, 0.25) is 0 Å². The van der Waals surface area contributed by atoms with Crippen LogP contribution in [-0.2, 0) is 11.3 Å². The molecule has 1 aliphatic heterocycles. The fraction of sp³-hybridized carbons (Fsp3) is 0.529. The molecule has 0 aromatic heterocycles. The molecule has 0 bridgehead atoms. The van der Waals surface area contributed by atoms with Gasteiger partial charge in [-0.2, -0.15) is 8.78 Å². The van der Waals surface area contributed by atoms with Gasteiger partial charge in [0, 0.05) is 10.0 Å². The molecule has 3 amide bonds. The average molecular weight is 417 g/mol. The van der Waals surface area contributed by atoms with Crippen molar-refractivity contribution in [2.24, 2.45) is 5.92 Å². The van der Waals surface area contributed by atoms with E-state index in [4.69, 9.17) is 0 Å². The van der Waals surface area contributed by atoms with Crippen molar-refractivity contribution < 1.29 is 23.1 Å². The van der Waals surface area contributed by atoms with E-state index in [-0.39, 0.29) is 18.2 Å². The van der Waals surface area contributed by atoms with Crippen molar-refractivity contribution in [3.05, 3.63) is 28.2 Å². The predicted octanol–water partition coefficient (Wildman–Crippen LogP) is 4.05. The van der Waals surface area contributed by atoms with Crippen LogP contribution in [0.5, 0.6) is 5.75 Å². The topological polar surface area (TPSA) is 58.6 Å². The molecule has 136 valence electrons. The number of hydrogen-bond donors (Lipinski definition) is 1. The molecule has 0 unspecified atom stereocenters. The molecular formula is C17H19BrF2N2O3. The summed E-state index contributed by atoms with van der Waals surface area (Å²) < 4.78 is 30.4. The zero-order chi connectivity index (χ0) is 18.2. The second-order valence-electron chi connectivity index (χ2n) is 6.72. The monoisotopic (exact) mass is 416 g/mol. The Kier molecular flexibility index (Phi) is 4.99. The number of urea groups is 1. The lowest BCUT2D eigenvalue weighted by Crippen LogP contribution is -2.49. The third kappa shape index (κ3) is 3.63. The van der Waals surface area contributed by atoms with Crippen LogP contribution in [0.4, 0.5) is 13.6 Å². The molecule has 2 aliphatic rings. The van der Waals surface area contributed by atoms with E-state index in [2.05, 4.69) is 32.9 Å². The highest BCUT2D eigenvalue weighted by molar-refractivity contribution is 9.10. The minimum atomic E-state index is -2.98. The lowest BCUT2D eigenvalue weighted by atomic mass is 9.77. The van der Waals surface area contributed by atoms with Crippen LogP contribution in [0.25, 0.3) is 0 Å². The number of benzene rings is 1. The van der Waals surface area contributed by atoms with Crippen molar-refractivity contribution in [2.75, 3.05) is 0 Å². The quantitative estimate of drug-likeness (QED) is 0.753. The van der Waals surface area contributed by atoms with Gasteiger partial charge in [-0.05, 0) is 49.8 Å². The van der Waals surface area contributed by atoms with Crippen molar-refractivity contribution in [2.45, 2.75) is 51.3 Å². The highest BCUT2D eigenvalue weighted by Gasteiger charge is 2.52. The van der Waals surface area contributed by atoms with E-state index in [0.717, 1.165) is 17.7 Å². The zero-order valence-corrected chi connectivity index (χ0v) is 15.3. The molecule has 1 aromatic carbocycles. The van der Waals surface area contributed by atoms with E-state index >= 15 is 0 Å². The summed E-state index contributed by atoms with van der Waals surface area (Å²) in [6.45, 7) is -0.959. The number of nitrogens with zero attached hydrogens (tertiary/aromatic N) is 1. The molecule has 5 nitrogen and oxygen atoms in total. The number of imide groups is 1. The third-order valence-corrected chi connectivity index (χ3v) is 5.43. The van der Waals surface area contributed by atoms with Crippen molar-refractivity contribution in [3.8, 4) is 5.75 Å². The molecule has 2 fully saturated rings. The first-order chi connectivity index (χ1) is 11.8. The van der Waals surface area contributed by atoms with Gasteiger partial charge in [0.2, 0.25) is 0 Å². The molecule has 25 heavy (non-hydrogen) atoms. The Bertz CT molecular complexity index is 690. The number of hydrogen-bond acceptors (Lipinski definition) is 3. The smallest absolute Gasteiger partial charge is 0.387 e. The Hall–Kier alpha value is -1.70. The molecule has 1 spiro atoms. The van der Waals surface area contributed by atoms with Crippen LogP contribution in [-0.4, -0.2) is 29.0 Å². The van der Waals surface area contributed by atoms with Gasteiger partial charge in [0.15, 0.2) is 0 Å². The number of amides is 3. The summed E-state index contributed by atoms with van der Waals surface area (Å²) in [6.07, 6.45) is 2.95. The van der Waals surface area contributed by atoms with E-state index in [0.29, 0.717) is 28.8 Å². The van der Waals surface area contributed by atoms with E-state index in [1.807, 2.05) is 0 Å². The summed E-state index contributed by atoms with van der Waals surface area (Å²) >= 11 is 3.27. The van der Waals surface area contributed by atoms with Crippen molar-refractivity contribution in [1.82, 2.24) is 10.2 Å². The molecule has 1 N–H and O–H groups in total. The maximum absolute atomic E-state index is 12.9. The van der Waals surface area contributed by atoms with Crippen LogP contribution in [0.1, 0.15) is 38.2 Å². The van der Waals surface area contributed by atoms with Gasteiger partial charge in [0.25, 0.3) is 5.91 Å². The van der Waals surface area contributed by atoms with E-state index in [1.54, 1.807) is 12.1 Å². The summed E-state index contributed by atoms with van der Waals surface area (Å²) in [5.41, 5.74) is -0.501. The van der Waals surface area contributed by atoms with Crippen LogP contribution < -0.4 is 10.1 Å². The Morgan fingerprint density at radius 3 is 2.68 bits per heavy atom. The molecule has 1 saturated carbocycles. The lowest BCUT2D eigenvalue weighted by molar-refractivity contribution is -0.133. The molecular weight excluding hydrogens is 398 g/mol. The fourth-order valence-electron chi connectivity index (χ4n) is 3.47. The van der Waals surface area contributed by atoms with Crippen molar-refractivity contribution in [1.29, 1.82) is 0 Å². The van der Waals surface area contributed by atoms with Gasteiger partial charge in [-0.3, -0.25) is 9.69 Å². The summed E-state index contributed by atoms with van der Waals surface area (Å²) in [5.74, 6) is 0.199. The van der Waals surface area contributed by atoms with Gasteiger partial charge in [-0.15, -0.1) is 0 Å². The summed E-state index contributed by atoms with van der Waals surface area (Å²) in [5, 5.41) is 2.82. The highest BCUT2D eigenvalue weighted by atomic mass is 79.9. The molecule has 1 aromatic rings. The molecule has 1 aliphatic carbocycles.